The van der Waals surface area contributed by atoms with Crippen molar-refractivity contribution >= 4 is 5.91 Å². The molecule has 0 spiro atoms. The summed E-state index contributed by atoms with van der Waals surface area (Å²) in [6, 6.07) is -0.758. The zero-order chi connectivity index (χ0) is 27.4. The maximum Gasteiger partial charge on any atom is 0.222 e. The number of carbonyl (C=O) groups is 1. The highest BCUT2D eigenvalue weighted by Crippen LogP contribution is 2.12. The molecule has 0 aliphatic rings. The van der Waals surface area contributed by atoms with Gasteiger partial charge in [0.2, 0.25) is 5.91 Å². The first-order valence-electron chi connectivity index (χ1n) is 15.3. The summed E-state index contributed by atoms with van der Waals surface area (Å²) < 4.78 is 0. The Kier molecular flexibility index (Phi) is 26.5. The van der Waals surface area contributed by atoms with Crippen LogP contribution in [0, 0.1) is 0 Å². The highest BCUT2D eigenvalue weighted by Gasteiger charge is 2.19. The van der Waals surface area contributed by atoms with Crippen molar-refractivity contribution < 1.29 is 20.1 Å². The fourth-order valence-corrected chi connectivity index (χ4v) is 4.23. The molecule has 0 rings (SSSR count). The summed E-state index contributed by atoms with van der Waals surface area (Å²) in [6.45, 7) is 4.09. The molecule has 216 valence electrons. The number of allylic oxidation sites excluding steroid dienone is 5. The van der Waals surface area contributed by atoms with Crippen LogP contribution in [-0.4, -0.2) is 46.1 Å². The second kappa shape index (κ2) is 27.6. The topological polar surface area (TPSA) is 89.8 Å². The molecule has 0 saturated heterocycles. The predicted molar refractivity (Wildman–Crippen MR) is 158 cm³/mol. The number of hydrogen-bond acceptors (Lipinski definition) is 4. The molecule has 0 aromatic heterocycles. The summed E-state index contributed by atoms with van der Waals surface area (Å²) in [4.78, 5) is 12.3. The molecule has 0 bridgehead atoms. The van der Waals surface area contributed by atoms with E-state index < -0.39 is 18.2 Å². The molecule has 0 radical (unpaired) electrons. The van der Waals surface area contributed by atoms with Crippen LogP contribution in [0.4, 0.5) is 0 Å². The lowest BCUT2D eigenvalue weighted by atomic mass is 10.0. The molecule has 5 nitrogen and oxygen atoms in total. The Balaban J connectivity index is 3.86. The lowest BCUT2D eigenvalue weighted by molar-refractivity contribution is -0.124. The fourth-order valence-electron chi connectivity index (χ4n) is 4.23. The van der Waals surface area contributed by atoms with E-state index in [-0.39, 0.29) is 18.9 Å². The molecule has 3 atom stereocenters. The minimum absolute atomic E-state index is 0.00118. The van der Waals surface area contributed by atoms with Crippen molar-refractivity contribution in [2.24, 2.45) is 0 Å². The molecule has 0 aromatic rings. The molecule has 5 heteroatoms. The van der Waals surface area contributed by atoms with Gasteiger partial charge in [-0.2, -0.15) is 0 Å². The van der Waals surface area contributed by atoms with Crippen LogP contribution in [0.15, 0.2) is 36.5 Å². The molecule has 0 aliphatic heterocycles. The number of rotatable bonds is 26. The summed E-state index contributed by atoms with van der Waals surface area (Å²) in [7, 11) is 0. The van der Waals surface area contributed by atoms with Gasteiger partial charge >= 0.3 is 0 Å². The Morgan fingerprint density at radius 1 is 0.676 bits per heavy atom. The Morgan fingerprint density at radius 3 is 1.78 bits per heavy atom. The van der Waals surface area contributed by atoms with Crippen molar-refractivity contribution in [3.63, 3.8) is 0 Å². The van der Waals surface area contributed by atoms with Gasteiger partial charge in [-0.25, -0.2) is 0 Å². The highest BCUT2D eigenvalue weighted by molar-refractivity contribution is 5.76. The lowest BCUT2D eigenvalue weighted by Gasteiger charge is -2.20. The van der Waals surface area contributed by atoms with Gasteiger partial charge in [0.15, 0.2) is 0 Å². The molecular formula is C32H59NO4. The second-order valence-corrected chi connectivity index (χ2v) is 10.3. The standard InChI is InChI=1S/C32H59NO4/c1-3-5-7-9-11-13-14-15-16-18-19-21-23-25-29(35)27-32(37)33-30(28-34)31(36)26-24-22-20-17-12-10-8-6-4-2/h12-14,17,24,26,29-31,34-36H,3-11,15-16,18-23,25,27-28H2,1-2H3,(H,33,37)/b14-13-,17-12+,26-24+. The van der Waals surface area contributed by atoms with Crippen LogP contribution in [-0.2, 0) is 4.79 Å². The van der Waals surface area contributed by atoms with Crippen LogP contribution in [0.5, 0.6) is 0 Å². The first-order valence-corrected chi connectivity index (χ1v) is 15.3. The van der Waals surface area contributed by atoms with E-state index in [0.717, 1.165) is 44.9 Å². The number of hydrogen-bond donors (Lipinski definition) is 4. The Morgan fingerprint density at radius 2 is 1.16 bits per heavy atom. The Hall–Kier alpha value is -1.43. The molecule has 37 heavy (non-hydrogen) atoms. The summed E-state index contributed by atoms with van der Waals surface area (Å²) in [5, 5.41) is 32.7. The molecular weight excluding hydrogens is 462 g/mol. The maximum atomic E-state index is 12.3. The average Bonchev–Trinajstić information content (AvgIpc) is 2.88. The van der Waals surface area contributed by atoms with Crippen LogP contribution in [0.25, 0.3) is 0 Å². The van der Waals surface area contributed by atoms with Gasteiger partial charge in [0.05, 0.1) is 31.3 Å². The quantitative estimate of drug-likeness (QED) is 0.0710. The molecule has 3 unspecified atom stereocenters. The number of aliphatic hydroxyl groups is 3. The first-order chi connectivity index (χ1) is 18.0. The van der Waals surface area contributed by atoms with Gasteiger partial charge < -0.3 is 20.6 Å². The molecule has 0 saturated carbocycles. The zero-order valence-electron chi connectivity index (χ0n) is 24.1. The van der Waals surface area contributed by atoms with Gasteiger partial charge in [-0.3, -0.25) is 4.79 Å². The summed E-state index contributed by atoms with van der Waals surface area (Å²) in [5.74, 6) is -0.338. The van der Waals surface area contributed by atoms with E-state index in [1.54, 1.807) is 6.08 Å². The number of aliphatic hydroxyl groups excluding tert-OH is 3. The highest BCUT2D eigenvalue weighted by atomic mass is 16.3. The van der Waals surface area contributed by atoms with Crippen molar-refractivity contribution in [3.05, 3.63) is 36.5 Å². The van der Waals surface area contributed by atoms with Gasteiger partial charge in [-0.1, -0.05) is 108 Å². The van der Waals surface area contributed by atoms with E-state index >= 15 is 0 Å². The Labute approximate surface area is 228 Å². The van der Waals surface area contributed by atoms with Gasteiger partial charge in [0.1, 0.15) is 0 Å². The fraction of sp³-hybridized carbons (Fsp3) is 0.781. The number of unbranched alkanes of at least 4 members (excludes halogenated alkanes) is 13. The third kappa shape index (κ3) is 24.7. The van der Waals surface area contributed by atoms with Crippen LogP contribution in [0.2, 0.25) is 0 Å². The van der Waals surface area contributed by atoms with Crippen LogP contribution in [0.3, 0.4) is 0 Å². The van der Waals surface area contributed by atoms with Crippen molar-refractivity contribution in [1.29, 1.82) is 0 Å². The van der Waals surface area contributed by atoms with Crippen molar-refractivity contribution in [2.75, 3.05) is 6.61 Å². The van der Waals surface area contributed by atoms with Crippen molar-refractivity contribution in [1.82, 2.24) is 5.32 Å². The van der Waals surface area contributed by atoms with E-state index in [1.807, 2.05) is 6.08 Å². The van der Waals surface area contributed by atoms with Gasteiger partial charge in [0, 0.05) is 0 Å². The SMILES string of the molecule is CCCCC/C=C/CC/C=C/C(O)C(CO)NC(=O)CC(O)CCCCCCC/C=C\CCCCCC. The third-order valence-corrected chi connectivity index (χ3v) is 6.65. The zero-order valence-corrected chi connectivity index (χ0v) is 24.1. The number of carbonyl (C=O) groups excluding carboxylic acids is 1. The molecule has 1 amide bonds. The molecule has 4 N–H and O–H groups in total. The van der Waals surface area contributed by atoms with E-state index in [4.69, 9.17) is 0 Å². The van der Waals surface area contributed by atoms with Crippen molar-refractivity contribution in [3.8, 4) is 0 Å². The largest absolute Gasteiger partial charge is 0.394 e. The summed E-state index contributed by atoms with van der Waals surface area (Å²) >= 11 is 0. The summed E-state index contributed by atoms with van der Waals surface area (Å²) in [6.07, 6.45) is 31.2. The number of amides is 1. The monoisotopic (exact) mass is 521 g/mol. The maximum absolute atomic E-state index is 12.3. The molecule has 0 aliphatic carbocycles. The predicted octanol–water partition coefficient (Wildman–Crippen LogP) is 7.31. The summed E-state index contributed by atoms with van der Waals surface area (Å²) in [5.41, 5.74) is 0. The van der Waals surface area contributed by atoms with Gasteiger partial charge in [-0.05, 0) is 57.8 Å². The van der Waals surface area contributed by atoms with E-state index in [2.05, 4.69) is 43.5 Å². The lowest BCUT2D eigenvalue weighted by Crippen LogP contribution is -2.45. The molecule has 0 heterocycles. The van der Waals surface area contributed by atoms with Gasteiger partial charge in [-0.15, -0.1) is 0 Å². The average molecular weight is 522 g/mol. The van der Waals surface area contributed by atoms with E-state index in [0.29, 0.717) is 6.42 Å². The van der Waals surface area contributed by atoms with E-state index in [1.165, 1.54) is 64.2 Å². The number of nitrogens with one attached hydrogen (secondary N) is 1. The van der Waals surface area contributed by atoms with Crippen LogP contribution < -0.4 is 5.32 Å². The molecule has 0 fully saturated rings. The second-order valence-electron chi connectivity index (χ2n) is 10.3. The first kappa shape index (κ1) is 35.6. The minimum Gasteiger partial charge on any atom is -0.394 e. The van der Waals surface area contributed by atoms with Gasteiger partial charge in [0.25, 0.3) is 0 Å². The van der Waals surface area contributed by atoms with Crippen LogP contribution >= 0.6 is 0 Å². The van der Waals surface area contributed by atoms with Crippen molar-refractivity contribution in [2.45, 2.75) is 154 Å². The van der Waals surface area contributed by atoms with E-state index in [9.17, 15) is 20.1 Å². The molecule has 0 aromatic carbocycles. The smallest absolute Gasteiger partial charge is 0.222 e. The normalized spacial score (nSPS) is 14.6. The van der Waals surface area contributed by atoms with Crippen LogP contribution in [0.1, 0.15) is 136 Å². The minimum atomic E-state index is -0.949. The third-order valence-electron chi connectivity index (χ3n) is 6.65. The Bertz CT molecular complexity index is 587.